The van der Waals surface area contributed by atoms with Gasteiger partial charge < -0.3 is 10.2 Å². The minimum atomic E-state index is -3.74. The zero-order valence-corrected chi connectivity index (χ0v) is 10.7. The molecule has 0 amide bonds. The number of nitrogens with two attached hydrogens (primary N) is 1. The first-order chi connectivity index (χ1) is 8.38. The van der Waals surface area contributed by atoms with E-state index >= 15 is 0 Å². The number of nitrogens with one attached hydrogen (secondary N) is 1. The molecule has 2 aromatic rings. The van der Waals surface area contributed by atoms with E-state index in [0.29, 0.717) is 11.3 Å². The van der Waals surface area contributed by atoms with Gasteiger partial charge >= 0.3 is 6.01 Å². The zero-order valence-electron chi connectivity index (χ0n) is 9.84. The van der Waals surface area contributed by atoms with E-state index < -0.39 is 10.0 Å². The Labute approximate surface area is 104 Å². The third kappa shape index (κ3) is 2.43. The van der Waals surface area contributed by atoms with Gasteiger partial charge in [-0.1, -0.05) is 5.10 Å². The summed E-state index contributed by atoms with van der Waals surface area (Å²) in [5, 5.41) is 7.10. The Bertz CT molecular complexity index is 678. The normalized spacial score (nSPS) is 11.4. The molecule has 7 nitrogen and oxygen atoms in total. The maximum Gasteiger partial charge on any atom is 0.329 e. The van der Waals surface area contributed by atoms with Gasteiger partial charge in [0.1, 0.15) is 0 Å². The van der Waals surface area contributed by atoms with Gasteiger partial charge in [0.25, 0.3) is 10.0 Å². The van der Waals surface area contributed by atoms with Crippen molar-refractivity contribution in [1.29, 1.82) is 0 Å². The van der Waals surface area contributed by atoms with Crippen LogP contribution in [0, 0.1) is 13.8 Å². The smallest absolute Gasteiger partial charge is 0.329 e. The van der Waals surface area contributed by atoms with E-state index in [1.807, 2.05) is 0 Å². The van der Waals surface area contributed by atoms with Crippen LogP contribution in [0.15, 0.2) is 27.5 Å². The van der Waals surface area contributed by atoms with E-state index in [9.17, 15) is 8.42 Å². The molecular formula is C10H12N4O3S. The molecule has 0 saturated heterocycles. The van der Waals surface area contributed by atoms with Crippen LogP contribution in [0.25, 0.3) is 0 Å². The third-order valence-electron chi connectivity index (χ3n) is 2.30. The van der Waals surface area contributed by atoms with Gasteiger partial charge in [-0.2, -0.15) is 0 Å². The number of sulfonamides is 1. The van der Waals surface area contributed by atoms with Crippen LogP contribution in [0.5, 0.6) is 0 Å². The van der Waals surface area contributed by atoms with E-state index in [2.05, 4.69) is 14.9 Å². The van der Waals surface area contributed by atoms with Crippen LogP contribution < -0.4 is 10.5 Å². The molecule has 0 aliphatic heterocycles. The molecule has 0 aliphatic rings. The molecule has 0 unspecified atom stereocenters. The first-order valence-corrected chi connectivity index (χ1v) is 6.56. The van der Waals surface area contributed by atoms with Gasteiger partial charge in [0, 0.05) is 12.6 Å². The van der Waals surface area contributed by atoms with Gasteiger partial charge in [0.2, 0.25) is 5.89 Å². The summed E-state index contributed by atoms with van der Waals surface area (Å²) in [4.78, 5) is 0.0880. The molecule has 1 heterocycles. The van der Waals surface area contributed by atoms with Crippen molar-refractivity contribution in [3.63, 3.8) is 0 Å². The first kappa shape index (κ1) is 12.4. The molecule has 1 aromatic carbocycles. The molecule has 0 bridgehead atoms. The topological polar surface area (TPSA) is 111 Å². The summed E-state index contributed by atoms with van der Waals surface area (Å²) in [6, 6.07) is 4.25. The predicted molar refractivity (Wildman–Crippen MR) is 65.4 cm³/mol. The Morgan fingerprint density at radius 2 is 2.00 bits per heavy atom. The Morgan fingerprint density at radius 3 is 2.56 bits per heavy atom. The molecule has 0 spiro atoms. The van der Waals surface area contributed by atoms with Crippen molar-refractivity contribution in [3.8, 4) is 0 Å². The molecule has 8 heteroatoms. The number of anilines is 2. The highest BCUT2D eigenvalue weighted by atomic mass is 32.2. The Hall–Kier alpha value is -2.09. The molecule has 1 aromatic heterocycles. The van der Waals surface area contributed by atoms with Crippen LogP contribution in [0.4, 0.5) is 11.7 Å². The van der Waals surface area contributed by atoms with Gasteiger partial charge in [-0.05, 0) is 30.7 Å². The predicted octanol–water partition coefficient (Wildman–Crippen LogP) is 1.07. The number of rotatable bonds is 3. The van der Waals surface area contributed by atoms with Crippen LogP contribution >= 0.6 is 0 Å². The summed E-state index contributed by atoms with van der Waals surface area (Å²) in [6.07, 6.45) is 0. The van der Waals surface area contributed by atoms with Crippen LogP contribution in [0.3, 0.4) is 0 Å². The lowest BCUT2D eigenvalue weighted by Gasteiger charge is -2.06. The highest BCUT2D eigenvalue weighted by Crippen LogP contribution is 2.19. The maximum absolute atomic E-state index is 12.0. The van der Waals surface area contributed by atoms with Gasteiger partial charge in [0.15, 0.2) is 0 Å². The van der Waals surface area contributed by atoms with Crippen LogP contribution in [-0.4, -0.2) is 18.6 Å². The number of aromatic nitrogens is 2. The van der Waals surface area contributed by atoms with Crippen molar-refractivity contribution in [1.82, 2.24) is 10.2 Å². The fourth-order valence-electron chi connectivity index (χ4n) is 1.33. The molecular weight excluding hydrogens is 256 g/mol. The molecule has 0 saturated carbocycles. The van der Waals surface area contributed by atoms with Crippen LogP contribution in [-0.2, 0) is 10.0 Å². The molecule has 2 rings (SSSR count). The Kier molecular flexibility index (Phi) is 2.95. The molecule has 3 N–H and O–H groups in total. The van der Waals surface area contributed by atoms with Crippen molar-refractivity contribution in [2.45, 2.75) is 18.7 Å². The monoisotopic (exact) mass is 268 g/mol. The summed E-state index contributed by atoms with van der Waals surface area (Å²) < 4.78 is 31.1. The van der Waals surface area contributed by atoms with Crippen molar-refractivity contribution >= 4 is 21.7 Å². The van der Waals surface area contributed by atoms with E-state index in [1.165, 1.54) is 18.2 Å². The maximum atomic E-state index is 12.0. The largest absolute Gasteiger partial charge is 0.408 e. The lowest BCUT2D eigenvalue weighted by atomic mass is 10.2. The first-order valence-electron chi connectivity index (χ1n) is 5.07. The molecule has 0 radical (unpaired) electrons. The van der Waals surface area contributed by atoms with Crippen molar-refractivity contribution in [2.24, 2.45) is 0 Å². The summed E-state index contributed by atoms with van der Waals surface area (Å²) in [7, 11) is -3.74. The van der Waals surface area contributed by atoms with Crippen LogP contribution in [0.2, 0.25) is 0 Å². The van der Waals surface area contributed by atoms with Crippen molar-refractivity contribution < 1.29 is 12.8 Å². The average molecular weight is 268 g/mol. The number of hydrogen-bond donors (Lipinski definition) is 2. The van der Waals surface area contributed by atoms with Gasteiger partial charge in [-0.3, -0.25) is 0 Å². The van der Waals surface area contributed by atoms with E-state index in [0.717, 1.165) is 0 Å². The minimum absolute atomic E-state index is 0.0880. The second-order valence-corrected chi connectivity index (χ2v) is 5.43. The summed E-state index contributed by atoms with van der Waals surface area (Å²) in [6.45, 7) is 3.30. The van der Waals surface area contributed by atoms with Gasteiger partial charge in [-0.25, -0.2) is 13.1 Å². The van der Waals surface area contributed by atoms with Crippen LogP contribution in [0.1, 0.15) is 11.5 Å². The summed E-state index contributed by atoms with van der Waals surface area (Å²) in [5.41, 5.74) is 6.84. The second kappa shape index (κ2) is 4.30. The number of nitrogens with zero attached hydrogens (tertiary/aromatic N) is 2. The van der Waals surface area contributed by atoms with Gasteiger partial charge in [0.05, 0.1) is 4.90 Å². The van der Waals surface area contributed by atoms with Crippen molar-refractivity contribution in [2.75, 3.05) is 10.5 Å². The van der Waals surface area contributed by atoms with E-state index in [4.69, 9.17) is 10.2 Å². The Morgan fingerprint density at radius 1 is 1.28 bits per heavy atom. The van der Waals surface area contributed by atoms with E-state index in [1.54, 1.807) is 13.8 Å². The molecule has 96 valence electrons. The SMILES string of the molecule is Cc1nnc(NS(=O)(=O)c2ccc(N)c(C)c2)o1. The lowest BCUT2D eigenvalue weighted by Crippen LogP contribution is -2.13. The lowest BCUT2D eigenvalue weighted by molar-refractivity contribution is 0.534. The fourth-order valence-corrected chi connectivity index (χ4v) is 2.34. The van der Waals surface area contributed by atoms with E-state index in [-0.39, 0.29) is 16.8 Å². The highest BCUT2D eigenvalue weighted by Gasteiger charge is 2.17. The molecule has 0 atom stereocenters. The summed E-state index contributed by atoms with van der Waals surface area (Å²) in [5.74, 6) is 0.279. The molecule has 18 heavy (non-hydrogen) atoms. The number of hydrogen-bond acceptors (Lipinski definition) is 6. The Balaban J connectivity index is 2.33. The zero-order chi connectivity index (χ0) is 13.3. The average Bonchev–Trinajstić information content (AvgIpc) is 2.67. The second-order valence-electron chi connectivity index (χ2n) is 3.75. The third-order valence-corrected chi connectivity index (χ3v) is 3.62. The number of aryl methyl sites for hydroxylation is 2. The minimum Gasteiger partial charge on any atom is -0.408 e. The summed E-state index contributed by atoms with van der Waals surface area (Å²) >= 11 is 0. The number of benzene rings is 1. The quantitative estimate of drug-likeness (QED) is 0.805. The fraction of sp³-hybridized carbons (Fsp3) is 0.200. The van der Waals surface area contributed by atoms with Crippen molar-refractivity contribution in [3.05, 3.63) is 29.7 Å². The standard InChI is InChI=1S/C10H12N4O3S/c1-6-5-8(3-4-9(6)11)18(15,16)14-10-13-12-7(2)17-10/h3-5H,11H2,1-2H3,(H,13,14). The highest BCUT2D eigenvalue weighted by molar-refractivity contribution is 7.92. The number of nitrogen functional groups attached to an aromatic ring is 1. The van der Waals surface area contributed by atoms with Gasteiger partial charge in [-0.15, -0.1) is 5.10 Å². The molecule has 0 fully saturated rings. The molecule has 0 aliphatic carbocycles.